The molecule has 5 nitrogen and oxygen atoms in total. The van der Waals surface area contributed by atoms with Gasteiger partial charge in [0, 0.05) is 25.6 Å². The Balaban J connectivity index is 1.61. The van der Waals surface area contributed by atoms with Crippen LogP contribution in [0.15, 0.2) is 12.1 Å². The number of nitrogens with one attached hydrogen (secondary N) is 2. The number of hydrogen-bond acceptors (Lipinski definition) is 4. The summed E-state index contributed by atoms with van der Waals surface area (Å²) in [7, 11) is 0. The first kappa shape index (κ1) is 13.5. The minimum Gasteiger partial charge on any atom is -0.486 e. The summed E-state index contributed by atoms with van der Waals surface area (Å²) in [5.41, 5.74) is 0.837. The second-order valence-electron chi connectivity index (χ2n) is 5.11. The van der Waals surface area contributed by atoms with Gasteiger partial charge < -0.3 is 20.1 Å². The van der Waals surface area contributed by atoms with E-state index in [1.165, 1.54) is 0 Å². The van der Waals surface area contributed by atoms with Gasteiger partial charge in [0.05, 0.1) is 11.4 Å². The summed E-state index contributed by atoms with van der Waals surface area (Å²) in [5, 5.41) is 6.61. The van der Waals surface area contributed by atoms with Crippen molar-refractivity contribution >= 4 is 17.5 Å². The van der Waals surface area contributed by atoms with E-state index in [0.29, 0.717) is 42.1 Å². The van der Waals surface area contributed by atoms with Crippen molar-refractivity contribution in [2.45, 2.75) is 6.42 Å². The molecule has 2 heterocycles. The van der Waals surface area contributed by atoms with Crippen LogP contribution in [0.25, 0.3) is 0 Å². The third-order valence-corrected chi connectivity index (χ3v) is 3.76. The first-order valence-corrected chi connectivity index (χ1v) is 7.15. The van der Waals surface area contributed by atoms with Crippen molar-refractivity contribution in [3.63, 3.8) is 0 Å². The minimum absolute atomic E-state index is 0.00430. The summed E-state index contributed by atoms with van der Waals surface area (Å²) in [4.78, 5) is 11.9. The van der Waals surface area contributed by atoms with E-state index >= 15 is 0 Å². The molecule has 1 saturated heterocycles. The second-order valence-corrected chi connectivity index (χ2v) is 5.51. The molecule has 0 unspecified atom stereocenters. The molecule has 108 valence electrons. The Morgan fingerprint density at radius 1 is 1.35 bits per heavy atom. The van der Waals surface area contributed by atoms with E-state index in [1.54, 1.807) is 6.07 Å². The van der Waals surface area contributed by atoms with E-state index in [2.05, 4.69) is 10.6 Å². The number of carbonyl (C=O) groups is 1. The average Bonchev–Trinajstić information content (AvgIpc) is 2.37. The van der Waals surface area contributed by atoms with Gasteiger partial charge in [-0.05, 0) is 17.7 Å². The van der Waals surface area contributed by atoms with Crippen molar-refractivity contribution < 1.29 is 14.3 Å². The van der Waals surface area contributed by atoms with E-state index in [9.17, 15) is 4.79 Å². The van der Waals surface area contributed by atoms with Gasteiger partial charge in [-0.2, -0.15) is 0 Å². The van der Waals surface area contributed by atoms with Crippen LogP contribution >= 0.6 is 11.6 Å². The third kappa shape index (κ3) is 2.99. The van der Waals surface area contributed by atoms with Gasteiger partial charge in [0.15, 0.2) is 11.5 Å². The number of ether oxygens (including phenoxy) is 2. The number of amides is 1. The van der Waals surface area contributed by atoms with Crippen molar-refractivity contribution in [1.29, 1.82) is 0 Å². The van der Waals surface area contributed by atoms with E-state index < -0.39 is 0 Å². The predicted molar refractivity (Wildman–Crippen MR) is 75.5 cm³/mol. The van der Waals surface area contributed by atoms with Crippen LogP contribution in [-0.4, -0.2) is 38.8 Å². The SMILES string of the molecule is O=C(Cc1cc(Cl)c2c(c1)OCCO2)NCC1CNC1. The number of carbonyl (C=O) groups excluding carboxylic acids is 1. The van der Waals surface area contributed by atoms with Crippen LogP contribution in [0, 0.1) is 5.92 Å². The number of rotatable bonds is 4. The van der Waals surface area contributed by atoms with Gasteiger partial charge in [0.2, 0.25) is 5.91 Å². The molecule has 0 aromatic heterocycles. The first-order valence-electron chi connectivity index (χ1n) is 6.78. The van der Waals surface area contributed by atoms with E-state index in [1.807, 2.05) is 6.07 Å². The maximum atomic E-state index is 11.9. The van der Waals surface area contributed by atoms with Gasteiger partial charge in [0.1, 0.15) is 13.2 Å². The van der Waals surface area contributed by atoms with Crippen molar-refractivity contribution in [1.82, 2.24) is 10.6 Å². The Morgan fingerprint density at radius 3 is 2.90 bits per heavy atom. The van der Waals surface area contributed by atoms with Gasteiger partial charge in [-0.15, -0.1) is 0 Å². The lowest BCUT2D eigenvalue weighted by molar-refractivity contribution is -0.120. The van der Waals surface area contributed by atoms with E-state index in [4.69, 9.17) is 21.1 Å². The van der Waals surface area contributed by atoms with Crippen LogP contribution in [0.1, 0.15) is 5.56 Å². The monoisotopic (exact) mass is 296 g/mol. The fraction of sp³-hybridized carbons (Fsp3) is 0.500. The van der Waals surface area contributed by atoms with Gasteiger partial charge in [-0.25, -0.2) is 0 Å². The highest BCUT2D eigenvalue weighted by atomic mass is 35.5. The lowest BCUT2D eigenvalue weighted by atomic mass is 10.0. The molecule has 0 spiro atoms. The van der Waals surface area contributed by atoms with Crippen LogP contribution in [-0.2, 0) is 11.2 Å². The first-order chi connectivity index (χ1) is 9.72. The van der Waals surface area contributed by atoms with Gasteiger partial charge >= 0.3 is 0 Å². The smallest absolute Gasteiger partial charge is 0.224 e. The topological polar surface area (TPSA) is 59.6 Å². The molecule has 1 fully saturated rings. The molecule has 2 N–H and O–H groups in total. The highest BCUT2D eigenvalue weighted by Gasteiger charge is 2.19. The Labute approximate surface area is 122 Å². The molecular weight excluding hydrogens is 280 g/mol. The predicted octanol–water partition coefficient (Wildman–Crippen LogP) is 0.989. The quantitative estimate of drug-likeness (QED) is 0.870. The lowest BCUT2D eigenvalue weighted by Gasteiger charge is -2.27. The molecule has 0 saturated carbocycles. The van der Waals surface area contributed by atoms with Crippen molar-refractivity contribution in [3.05, 3.63) is 22.7 Å². The molecule has 1 aromatic rings. The summed E-state index contributed by atoms with van der Waals surface area (Å²) in [6.07, 6.45) is 0.302. The molecule has 2 aliphatic rings. The minimum atomic E-state index is 0.00430. The zero-order chi connectivity index (χ0) is 13.9. The Morgan fingerprint density at radius 2 is 2.15 bits per heavy atom. The Kier molecular flexibility index (Phi) is 3.98. The van der Waals surface area contributed by atoms with Gasteiger partial charge in [0.25, 0.3) is 0 Å². The molecular formula is C14H17ClN2O3. The molecule has 1 aromatic carbocycles. The summed E-state index contributed by atoms with van der Waals surface area (Å²) >= 11 is 6.14. The van der Waals surface area contributed by atoms with Crippen molar-refractivity contribution in [2.75, 3.05) is 32.8 Å². The summed E-state index contributed by atoms with van der Waals surface area (Å²) in [5.74, 6) is 1.75. The summed E-state index contributed by atoms with van der Waals surface area (Å²) < 4.78 is 11.0. The fourth-order valence-electron chi connectivity index (χ4n) is 2.27. The largest absolute Gasteiger partial charge is 0.486 e. The number of benzene rings is 1. The number of fused-ring (bicyclic) bond motifs is 1. The van der Waals surface area contributed by atoms with Gasteiger partial charge in [-0.1, -0.05) is 11.6 Å². The van der Waals surface area contributed by atoms with Crippen LogP contribution in [0.2, 0.25) is 5.02 Å². The van der Waals surface area contributed by atoms with E-state index in [-0.39, 0.29) is 5.91 Å². The zero-order valence-corrected chi connectivity index (χ0v) is 11.8. The Hall–Kier alpha value is -1.46. The number of hydrogen-bond donors (Lipinski definition) is 2. The summed E-state index contributed by atoms with van der Waals surface area (Å²) in [6.45, 7) is 3.70. The molecule has 6 heteroatoms. The van der Waals surface area contributed by atoms with Crippen LogP contribution < -0.4 is 20.1 Å². The number of halogens is 1. The molecule has 0 bridgehead atoms. The molecule has 0 radical (unpaired) electrons. The molecule has 3 rings (SSSR count). The maximum Gasteiger partial charge on any atom is 0.224 e. The zero-order valence-electron chi connectivity index (χ0n) is 11.1. The highest BCUT2D eigenvalue weighted by Crippen LogP contribution is 2.38. The molecule has 0 atom stereocenters. The maximum absolute atomic E-state index is 11.9. The second kappa shape index (κ2) is 5.89. The van der Waals surface area contributed by atoms with Crippen LogP contribution in [0.5, 0.6) is 11.5 Å². The average molecular weight is 297 g/mol. The molecule has 2 aliphatic heterocycles. The third-order valence-electron chi connectivity index (χ3n) is 3.48. The Bertz CT molecular complexity index is 517. The molecule has 1 amide bonds. The van der Waals surface area contributed by atoms with E-state index in [0.717, 1.165) is 25.2 Å². The normalized spacial score (nSPS) is 17.4. The van der Waals surface area contributed by atoms with Crippen LogP contribution in [0.4, 0.5) is 0 Å². The van der Waals surface area contributed by atoms with Crippen molar-refractivity contribution in [2.24, 2.45) is 5.92 Å². The van der Waals surface area contributed by atoms with Crippen molar-refractivity contribution in [3.8, 4) is 11.5 Å². The standard InChI is InChI=1S/C14H17ClN2O3/c15-11-3-9(4-12-14(11)20-2-1-19-12)5-13(18)17-8-10-6-16-7-10/h3-4,10,16H,1-2,5-8H2,(H,17,18). The highest BCUT2D eigenvalue weighted by molar-refractivity contribution is 6.32. The molecule has 20 heavy (non-hydrogen) atoms. The van der Waals surface area contributed by atoms with Crippen LogP contribution in [0.3, 0.4) is 0 Å². The molecule has 0 aliphatic carbocycles. The lowest BCUT2D eigenvalue weighted by Crippen LogP contribution is -2.48. The fourth-order valence-corrected chi connectivity index (χ4v) is 2.55. The van der Waals surface area contributed by atoms with Gasteiger partial charge in [-0.3, -0.25) is 4.79 Å². The summed E-state index contributed by atoms with van der Waals surface area (Å²) in [6, 6.07) is 3.59.